The van der Waals surface area contributed by atoms with Crippen LogP contribution in [0.25, 0.3) is 10.4 Å². The highest BCUT2D eigenvalue weighted by molar-refractivity contribution is 7.85. The Kier molecular flexibility index (Phi) is 17.9. The number of aryl methyl sites for hydroxylation is 3. The third-order valence-electron chi connectivity index (χ3n) is 11.2. The molecule has 320 valence electrons. The van der Waals surface area contributed by atoms with Crippen molar-refractivity contribution in [1.82, 2.24) is 20.5 Å². The lowest BCUT2D eigenvalue weighted by Crippen LogP contribution is -2.57. The first-order chi connectivity index (χ1) is 27.5. The predicted octanol–water partition coefficient (Wildman–Crippen LogP) is 8.66. The number of likely N-dealkylation sites (tertiary alicyclic amines) is 1. The van der Waals surface area contributed by atoms with Crippen LogP contribution in [-0.4, -0.2) is 70.4 Å². The van der Waals surface area contributed by atoms with Crippen LogP contribution in [0.5, 0.6) is 0 Å². The Hall–Kier alpha value is -3.65. The zero-order chi connectivity index (χ0) is 42.5. The van der Waals surface area contributed by atoms with Crippen LogP contribution in [0, 0.1) is 19.3 Å². The molecule has 4 atom stereocenters. The fraction of sp³-hybridized carbons (Fsp3) is 0.600. The first-order valence-corrected chi connectivity index (χ1v) is 23.4. The van der Waals surface area contributed by atoms with Gasteiger partial charge in [-0.25, -0.2) is 4.98 Å². The minimum atomic E-state index is -4.20. The van der Waals surface area contributed by atoms with E-state index in [0.717, 1.165) is 85.0 Å². The van der Waals surface area contributed by atoms with Gasteiger partial charge < -0.3 is 20.6 Å². The van der Waals surface area contributed by atoms with E-state index in [9.17, 15) is 32.5 Å². The lowest BCUT2D eigenvalue weighted by molar-refractivity contribution is -0.144. The molecular weight excluding hydrogens is 773 g/mol. The third kappa shape index (κ3) is 14.3. The summed E-state index contributed by atoms with van der Waals surface area (Å²) in [7, 11) is -4.20. The molecule has 0 saturated carbocycles. The molecule has 4 N–H and O–H groups in total. The molecular formula is C45H66N4O7S2. The number of benzene rings is 2. The summed E-state index contributed by atoms with van der Waals surface area (Å²) in [6, 6.07) is 11.0. The molecule has 0 spiro atoms. The Labute approximate surface area is 350 Å². The van der Waals surface area contributed by atoms with Crippen LogP contribution in [-0.2, 0) is 30.9 Å². The Bertz CT molecular complexity index is 1910. The number of carbonyl (C=O) groups is 3. The fourth-order valence-electron chi connectivity index (χ4n) is 7.77. The van der Waals surface area contributed by atoms with Gasteiger partial charge in [0.1, 0.15) is 12.1 Å². The maximum atomic E-state index is 14.0. The van der Waals surface area contributed by atoms with Gasteiger partial charge in [-0.1, -0.05) is 127 Å². The molecule has 2 aromatic carbocycles. The van der Waals surface area contributed by atoms with Gasteiger partial charge in [0.15, 0.2) is 0 Å². The SMILES string of the molecule is Cc1ccc(S(=O)(=O)O)c(CCCCCCCCCCCCCCC(=O)N[C@H](C(=O)N2C[C@H](O)C[C@H]2C(=O)N[C@@H](C)c2ccc(-c3scnc3C)cc2)C(C)(C)C)c1. The van der Waals surface area contributed by atoms with E-state index in [1.54, 1.807) is 17.4 Å². The number of rotatable bonds is 22. The minimum Gasteiger partial charge on any atom is -0.391 e. The van der Waals surface area contributed by atoms with Gasteiger partial charge in [0, 0.05) is 19.4 Å². The van der Waals surface area contributed by atoms with Crippen molar-refractivity contribution in [3.63, 3.8) is 0 Å². The summed E-state index contributed by atoms with van der Waals surface area (Å²) in [6.45, 7) is 11.5. The van der Waals surface area contributed by atoms with Crippen LogP contribution in [0.3, 0.4) is 0 Å². The van der Waals surface area contributed by atoms with Crippen LogP contribution in [0.2, 0.25) is 0 Å². The second-order valence-electron chi connectivity index (χ2n) is 17.2. The van der Waals surface area contributed by atoms with Gasteiger partial charge in [-0.15, -0.1) is 11.3 Å². The van der Waals surface area contributed by atoms with Crippen molar-refractivity contribution < 1.29 is 32.5 Å². The molecule has 1 aliphatic heterocycles. The molecule has 4 rings (SSSR count). The van der Waals surface area contributed by atoms with Gasteiger partial charge in [-0.3, -0.25) is 18.9 Å². The fourth-order valence-corrected chi connectivity index (χ4v) is 9.32. The Morgan fingerprint density at radius 1 is 0.879 bits per heavy atom. The number of β-amino-alcohol motifs (C(OH)–C–C–N with tert-alkyl or cyclic N) is 1. The van der Waals surface area contributed by atoms with Crippen molar-refractivity contribution in [2.45, 2.75) is 167 Å². The normalized spacial score (nSPS) is 16.9. The van der Waals surface area contributed by atoms with E-state index in [2.05, 4.69) is 15.6 Å². The van der Waals surface area contributed by atoms with Crippen molar-refractivity contribution in [2.24, 2.45) is 5.41 Å². The highest BCUT2D eigenvalue weighted by atomic mass is 32.2. The van der Waals surface area contributed by atoms with E-state index >= 15 is 0 Å². The number of nitrogens with one attached hydrogen (secondary N) is 2. The number of thiazole rings is 1. The minimum absolute atomic E-state index is 0.0202. The molecule has 0 unspecified atom stereocenters. The van der Waals surface area contributed by atoms with E-state index in [1.807, 2.05) is 77.4 Å². The quantitative estimate of drug-likeness (QED) is 0.0577. The van der Waals surface area contributed by atoms with Gasteiger partial charge in [0.2, 0.25) is 17.7 Å². The molecule has 0 aliphatic carbocycles. The lowest BCUT2D eigenvalue weighted by atomic mass is 9.85. The summed E-state index contributed by atoms with van der Waals surface area (Å²) in [4.78, 5) is 47.6. The molecule has 11 nitrogen and oxygen atoms in total. The molecule has 58 heavy (non-hydrogen) atoms. The van der Waals surface area contributed by atoms with Crippen LogP contribution in [0.1, 0.15) is 146 Å². The van der Waals surface area contributed by atoms with Crippen LogP contribution < -0.4 is 10.6 Å². The van der Waals surface area contributed by atoms with Crippen LogP contribution in [0.4, 0.5) is 0 Å². The molecule has 1 aromatic heterocycles. The summed E-state index contributed by atoms with van der Waals surface area (Å²) < 4.78 is 32.8. The zero-order valence-corrected chi connectivity index (χ0v) is 37.0. The highest BCUT2D eigenvalue weighted by Gasteiger charge is 2.44. The third-order valence-corrected chi connectivity index (χ3v) is 13.1. The number of hydrogen-bond donors (Lipinski definition) is 4. The van der Waals surface area contributed by atoms with Crippen molar-refractivity contribution >= 4 is 39.2 Å². The summed E-state index contributed by atoms with van der Waals surface area (Å²) >= 11 is 1.58. The molecule has 0 radical (unpaired) electrons. The zero-order valence-electron chi connectivity index (χ0n) is 35.4. The van der Waals surface area contributed by atoms with E-state index in [-0.39, 0.29) is 41.6 Å². The monoisotopic (exact) mass is 838 g/mol. The summed E-state index contributed by atoms with van der Waals surface area (Å²) in [5.74, 6) is -0.868. The Morgan fingerprint density at radius 3 is 2.02 bits per heavy atom. The van der Waals surface area contributed by atoms with Crippen LogP contribution in [0.15, 0.2) is 52.9 Å². The average Bonchev–Trinajstić information content (AvgIpc) is 3.77. The molecule has 13 heteroatoms. The molecule has 0 bridgehead atoms. The van der Waals surface area contributed by atoms with Gasteiger partial charge in [0.25, 0.3) is 10.1 Å². The first kappa shape index (κ1) is 47.0. The number of nitrogens with zero attached hydrogens (tertiary/aromatic N) is 2. The van der Waals surface area contributed by atoms with E-state index in [1.165, 1.54) is 30.2 Å². The summed E-state index contributed by atoms with van der Waals surface area (Å²) in [6.07, 6.45) is 13.0. The number of carbonyl (C=O) groups excluding carboxylic acids is 3. The number of hydrogen-bond acceptors (Lipinski definition) is 8. The van der Waals surface area contributed by atoms with Crippen molar-refractivity contribution in [1.29, 1.82) is 0 Å². The van der Waals surface area contributed by atoms with E-state index in [0.29, 0.717) is 18.4 Å². The van der Waals surface area contributed by atoms with Crippen LogP contribution >= 0.6 is 11.3 Å². The Balaban J connectivity index is 1.11. The summed E-state index contributed by atoms with van der Waals surface area (Å²) in [5.41, 5.74) is 5.85. The van der Waals surface area contributed by atoms with Gasteiger partial charge in [-0.05, 0) is 68.2 Å². The largest absolute Gasteiger partial charge is 0.391 e. The molecule has 3 aromatic rings. The topological polar surface area (TPSA) is 166 Å². The maximum Gasteiger partial charge on any atom is 0.294 e. The second kappa shape index (κ2) is 22.1. The number of aliphatic hydroxyl groups is 1. The van der Waals surface area contributed by atoms with Crippen molar-refractivity contribution in [2.75, 3.05) is 6.54 Å². The van der Waals surface area contributed by atoms with Gasteiger partial charge >= 0.3 is 0 Å². The molecule has 1 fully saturated rings. The van der Waals surface area contributed by atoms with Gasteiger partial charge in [-0.2, -0.15) is 8.42 Å². The maximum absolute atomic E-state index is 14.0. The number of unbranched alkanes of at least 4 members (excludes halogenated alkanes) is 11. The standard InChI is InChI=1S/C45H66N4O7S2/c1-31-21-26-39(58(54,55)56)36(27-31)19-17-15-13-11-9-7-8-10-12-14-16-18-20-40(51)48-42(45(4,5)6)44(53)49-29-37(50)28-38(49)43(52)47-32(2)34-22-24-35(25-23-34)41-33(3)46-30-57-41/h21-27,30,32,37-38,42,50H,7-20,28-29H2,1-6H3,(H,47,52)(H,48,51)(H,54,55,56)/t32-,37+,38-,42+/m0/s1. The number of aliphatic hydroxyl groups excluding tert-OH is 1. The van der Waals surface area contributed by atoms with E-state index in [4.69, 9.17) is 0 Å². The smallest absolute Gasteiger partial charge is 0.294 e. The van der Waals surface area contributed by atoms with Crippen molar-refractivity contribution in [3.05, 3.63) is 70.4 Å². The van der Waals surface area contributed by atoms with Crippen molar-refractivity contribution in [3.8, 4) is 10.4 Å². The van der Waals surface area contributed by atoms with Gasteiger partial charge in [0.05, 0.1) is 33.1 Å². The highest BCUT2D eigenvalue weighted by Crippen LogP contribution is 2.30. The second-order valence-corrected chi connectivity index (χ2v) is 19.5. The molecule has 1 aliphatic rings. The summed E-state index contributed by atoms with van der Waals surface area (Å²) in [5, 5.41) is 16.6. The number of aromatic nitrogens is 1. The number of amides is 3. The molecule has 3 amide bonds. The molecule has 2 heterocycles. The first-order valence-electron chi connectivity index (χ1n) is 21.1. The lowest BCUT2D eigenvalue weighted by Gasteiger charge is -2.35. The van der Waals surface area contributed by atoms with E-state index < -0.39 is 33.7 Å². The average molecular weight is 839 g/mol. The Morgan fingerprint density at radius 2 is 1.47 bits per heavy atom. The molecule has 1 saturated heterocycles. The predicted molar refractivity (Wildman–Crippen MR) is 231 cm³/mol.